The Labute approximate surface area is 149 Å². The Hall–Kier alpha value is -2.80. The SMILES string of the molecule is Oc1cccc(F)c1-c1nnc(N[C@@H]2CCC[C@H](O)C2)c2cnccc12. The monoisotopic (exact) mass is 354 g/mol. The summed E-state index contributed by atoms with van der Waals surface area (Å²) in [5, 5.41) is 33.0. The summed E-state index contributed by atoms with van der Waals surface area (Å²) in [6.45, 7) is 0. The van der Waals surface area contributed by atoms with Gasteiger partial charge < -0.3 is 15.5 Å². The second-order valence-electron chi connectivity index (χ2n) is 6.61. The number of hydrogen-bond donors (Lipinski definition) is 3. The Morgan fingerprint density at radius 3 is 2.81 bits per heavy atom. The molecule has 26 heavy (non-hydrogen) atoms. The highest BCUT2D eigenvalue weighted by Gasteiger charge is 2.22. The number of fused-ring (bicyclic) bond motifs is 1. The van der Waals surface area contributed by atoms with E-state index in [-0.39, 0.29) is 29.2 Å². The van der Waals surface area contributed by atoms with Crippen molar-refractivity contribution in [3.05, 3.63) is 42.5 Å². The third-order valence-electron chi connectivity index (χ3n) is 4.80. The van der Waals surface area contributed by atoms with Gasteiger partial charge in [0.05, 0.1) is 11.7 Å². The van der Waals surface area contributed by atoms with E-state index in [1.54, 1.807) is 18.5 Å². The molecule has 7 heteroatoms. The van der Waals surface area contributed by atoms with E-state index in [0.717, 1.165) is 19.3 Å². The number of halogens is 1. The molecule has 3 aromatic rings. The lowest BCUT2D eigenvalue weighted by atomic mass is 9.93. The van der Waals surface area contributed by atoms with Gasteiger partial charge in [-0.25, -0.2) is 4.39 Å². The molecule has 0 bridgehead atoms. The Bertz CT molecular complexity index is 930. The molecular formula is C19H19FN4O2. The first-order chi connectivity index (χ1) is 12.6. The van der Waals surface area contributed by atoms with Crippen LogP contribution in [0.3, 0.4) is 0 Å². The zero-order valence-corrected chi connectivity index (χ0v) is 14.1. The number of nitrogens with one attached hydrogen (secondary N) is 1. The average Bonchev–Trinajstić information content (AvgIpc) is 2.63. The van der Waals surface area contributed by atoms with Gasteiger partial charge in [0.25, 0.3) is 0 Å². The molecule has 0 saturated heterocycles. The number of aromatic hydroxyl groups is 1. The minimum atomic E-state index is -0.562. The Morgan fingerprint density at radius 1 is 1.12 bits per heavy atom. The summed E-state index contributed by atoms with van der Waals surface area (Å²) in [4.78, 5) is 4.15. The lowest BCUT2D eigenvalue weighted by Gasteiger charge is -2.27. The number of hydrogen-bond acceptors (Lipinski definition) is 6. The van der Waals surface area contributed by atoms with Crippen molar-refractivity contribution in [3.63, 3.8) is 0 Å². The molecule has 1 aliphatic rings. The molecule has 2 atom stereocenters. The first kappa shape index (κ1) is 16.7. The predicted octanol–water partition coefficient (Wildman–Crippen LogP) is 3.25. The molecule has 134 valence electrons. The molecule has 4 rings (SSSR count). The van der Waals surface area contributed by atoms with Gasteiger partial charge in [-0.05, 0) is 43.9 Å². The minimum Gasteiger partial charge on any atom is -0.507 e. The lowest BCUT2D eigenvalue weighted by molar-refractivity contribution is 0.124. The standard InChI is InChI=1S/C19H19FN4O2/c20-15-5-2-6-16(26)17(15)18-13-7-8-21-10-14(13)19(24-23-18)22-11-3-1-4-12(25)9-11/h2,5-8,10-12,25-26H,1,3-4,9H2,(H,22,24)/t11-,12+/m1/s1. The van der Waals surface area contributed by atoms with Crippen LogP contribution in [0.2, 0.25) is 0 Å². The normalized spacial score (nSPS) is 20.2. The van der Waals surface area contributed by atoms with Crippen molar-refractivity contribution in [2.75, 3.05) is 5.32 Å². The van der Waals surface area contributed by atoms with Gasteiger partial charge in [-0.15, -0.1) is 10.2 Å². The van der Waals surface area contributed by atoms with Crippen LogP contribution in [0.4, 0.5) is 10.2 Å². The van der Waals surface area contributed by atoms with E-state index < -0.39 is 5.82 Å². The van der Waals surface area contributed by atoms with Crippen LogP contribution >= 0.6 is 0 Å². The third kappa shape index (κ3) is 3.06. The molecule has 6 nitrogen and oxygen atoms in total. The van der Waals surface area contributed by atoms with Crippen LogP contribution in [-0.2, 0) is 0 Å². The van der Waals surface area contributed by atoms with Gasteiger partial charge >= 0.3 is 0 Å². The van der Waals surface area contributed by atoms with Crippen molar-refractivity contribution in [3.8, 4) is 17.0 Å². The van der Waals surface area contributed by atoms with Crippen LogP contribution in [-0.4, -0.2) is 37.5 Å². The van der Waals surface area contributed by atoms with Crippen molar-refractivity contribution in [2.24, 2.45) is 0 Å². The van der Waals surface area contributed by atoms with Gasteiger partial charge in [0.1, 0.15) is 17.3 Å². The van der Waals surface area contributed by atoms with E-state index in [9.17, 15) is 14.6 Å². The van der Waals surface area contributed by atoms with E-state index in [0.29, 0.717) is 23.0 Å². The predicted molar refractivity (Wildman–Crippen MR) is 96.3 cm³/mol. The number of benzene rings is 1. The van der Waals surface area contributed by atoms with Crippen LogP contribution in [0.5, 0.6) is 5.75 Å². The molecule has 0 unspecified atom stereocenters. The van der Waals surface area contributed by atoms with Gasteiger partial charge in [0.2, 0.25) is 0 Å². The van der Waals surface area contributed by atoms with Crippen molar-refractivity contribution in [1.29, 1.82) is 0 Å². The molecule has 0 radical (unpaired) electrons. The number of aliphatic hydroxyl groups is 1. The van der Waals surface area contributed by atoms with E-state index in [4.69, 9.17) is 0 Å². The second kappa shape index (κ2) is 6.84. The molecule has 2 heterocycles. The molecule has 1 fully saturated rings. The highest BCUT2D eigenvalue weighted by Crippen LogP contribution is 2.36. The van der Waals surface area contributed by atoms with Crippen LogP contribution in [0.1, 0.15) is 25.7 Å². The zero-order valence-electron chi connectivity index (χ0n) is 14.1. The third-order valence-corrected chi connectivity index (χ3v) is 4.80. The van der Waals surface area contributed by atoms with E-state index in [2.05, 4.69) is 20.5 Å². The number of rotatable bonds is 3. The Kier molecular flexibility index (Phi) is 4.38. The summed E-state index contributed by atoms with van der Waals surface area (Å²) < 4.78 is 14.3. The molecule has 1 aromatic carbocycles. The highest BCUT2D eigenvalue weighted by atomic mass is 19.1. The van der Waals surface area contributed by atoms with Gasteiger partial charge in [0.15, 0.2) is 5.82 Å². The summed E-state index contributed by atoms with van der Waals surface area (Å²) in [5.41, 5.74) is 0.295. The smallest absolute Gasteiger partial charge is 0.158 e. The molecular weight excluding hydrogens is 335 g/mol. The number of pyridine rings is 1. The number of aromatic nitrogens is 3. The first-order valence-electron chi connectivity index (χ1n) is 8.66. The quantitative estimate of drug-likeness (QED) is 0.669. The van der Waals surface area contributed by atoms with E-state index in [1.807, 2.05) is 0 Å². The van der Waals surface area contributed by atoms with Crippen molar-refractivity contribution in [2.45, 2.75) is 37.8 Å². The molecule has 2 aromatic heterocycles. The van der Waals surface area contributed by atoms with Crippen LogP contribution in [0.25, 0.3) is 22.0 Å². The summed E-state index contributed by atoms with van der Waals surface area (Å²) >= 11 is 0. The first-order valence-corrected chi connectivity index (χ1v) is 8.66. The van der Waals surface area contributed by atoms with Crippen molar-refractivity contribution in [1.82, 2.24) is 15.2 Å². The van der Waals surface area contributed by atoms with Gasteiger partial charge in [-0.2, -0.15) is 0 Å². The second-order valence-corrected chi connectivity index (χ2v) is 6.61. The maximum absolute atomic E-state index is 14.3. The summed E-state index contributed by atoms with van der Waals surface area (Å²) in [6.07, 6.45) is 6.29. The van der Waals surface area contributed by atoms with E-state index >= 15 is 0 Å². The van der Waals surface area contributed by atoms with Crippen molar-refractivity contribution >= 4 is 16.6 Å². The zero-order chi connectivity index (χ0) is 18.1. The fourth-order valence-corrected chi connectivity index (χ4v) is 3.52. The van der Waals surface area contributed by atoms with Gasteiger partial charge in [-0.1, -0.05) is 6.07 Å². The Morgan fingerprint density at radius 2 is 2.00 bits per heavy atom. The van der Waals surface area contributed by atoms with Crippen molar-refractivity contribution < 1.29 is 14.6 Å². The summed E-state index contributed by atoms with van der Waals surface area (Å²) in [7, 11) is 0. The number of aliphatic hydroxyl groups excluding tert-OH is 1. The van der Waals surface area contributed by atoms with Crippen LogP contribution in [0, 0.1) is 5.82 Å². The topological polar surface area (TPSA) is 91.2 Å². The molecule has 0 aliphatic heterocycles. The molecule has 1 saturated carbocycles. The minimum absolute atomic E-state index is 0.0239. The number of anilines is 1. The fourth-order valence-electron chi connectivity index (χ4n) is 3.52. The average molecular weight is 354 g/mol. The number of nitrogens with zero attached hydrogens (tertiary/aromatic N) is 3. The van der Waals surface area contributed by atoms with E-state index in [1.165, 1.54) is 18.2 Å². The molecule has 0 spiro atoms. The summed E-state index contributed by atoms with van der Waals surface area (Å²) in [6, 6.07) is 5.97. The Balaban J connectivity index is 1.79. The maximum Gasteiger partial charge on any atom is 0.158 e. The highest BCUT2D eigenvalue weighted by molar-refractivity contribution is 6.00. The summed E-state index contributed by atoms with van der Waals surface area (Å²) in [5.74, 6) is -0.200. The largest absolute Gasteiger partial charge is 0.507 e. The maximum atomic E-state index is 14.3. The molecule has 1 aliphatic carbocycles. The number of phenolic OH excluding ortho intramolecular Hbond substituents is 1. The van der Waals surface area contributed by atoms with Gasteiger partial charge in [-0.3, -0.25) is 4.98 Å². The fraction of sp³-hybridized carbons (Fsp3) is 0.316. The van der Waals surface area contributed by atoms with Gasteiger partial charge in [0, 0.05) is 29.2 Å². The lowest BCUT2D eigenvalue weighted by Crippen LogP contribution is -2.30. The molecule has 0 amide bonds. The van der Waals surface area contributed by atoms with Crippen LogP contribution in [0.15, 0.2) is 36.7 Å². The molecule has 3 N–H and O–H groups in total. The van der Waals surface area contributed by atoms with Crippen LogP contribution < -0.4 is 5.32 Å². The number of phenols is 1.